The number of nitrogens with zero attached hydrogens (tertiary/aromatic N) is 2. The van der Waals surface area contributed by atoms with E-state index in [0.717, 1.165) is 32.2 Å². The average Bonchev–Trinajstić information content (AvgIpc) is 2.93. The first-order valence-corrected chi connectivity index (χ1v) is 8.91. The summed E-state index contributed by atoms with van der Waals surface area (Å²) in [6.45, 7) is 13.3. The fraction of sp³-hybridized carbons (Fsp3) is 0.933. The smallest absolute Gasteiger partial charge is 0.410 e. The molecule has 0 aromatic heterocycles. The molecule has 2 saturated heterocycles. The Kier molecular flexibility index (Phi) is 7.17. The third kappa shape index (κ3) is 5.52. The van der Waals surface area contributed by atoms with Gasteiger partial charge in [-0.25, -0.2) is 4.79 Å². The van der Waals surface area contributed by atoms with E-state index in [0.29, 0.717) is 0 Å². The Morgan fingerprint density at radius 3 is 2.20 bits per heavy atom. The highest BCUT2D eigenvalue weighted by atomic mass is 32.2. The lowest BCUT2D eigenvalue weighted by atomic mass is 10.2. The maximum absolute atomic E-state index is 11.9. The van der Waals surface area contributed by atoms with Crippen LogP contribution in [0.25, 0.3) is 0 Å². The van der Waals surface area contributed by atoms with Gasteiger partial charge in [-0.3, -0.25) is 4.90 Å². The molecule has 4 nitrogen and oxygen atoms in total. The van der Waals surface area contributed by atoms with Gasteiger partial charge in [0.2, 0.25) is 0 Å². The molecule has 0 aliphatic carbocycles. The molecule has 0 N–H and O–H groups in total. The summed E-state index contributed by atoms with van der Waals surface area (Å²) >= 11 is 2.04. The predicted molar refractivity (Wildman–Crippen MR) is 86.5 cm³/mol. The van der Waals surface area contributed by atoms with E-state index in [1.54, 1.807) is 0 Å². The number of piperazine rings is 1. The van der Waals surface area contributed by atoms with Crippen molar-refractivity contribution in [2.75, 3.05) is 37.7 Å². The van der Waals surface area contributed by atoms with Gasteiger partial charge in [0.15, 0.2) is 0 Å². The standard InChI is InChI=1S/C13H24N2O2S.C2H6/c1-13(2,3)17-12(16)15-7-5-14(6-8-15)11-4-9-18-10-11;1-2/h11H,4-10H2,1-3H3;1-2H3. The Labute approximate surface area is 128 Å². The topological polar surface area (TPSA) is 32.8 Å². The van der Waals surface area contributed by atoms with Crippen LogP contribution in [0.5, 0.6) is 0 Å². The van der Waals surface area contributed by atoms with Crippen LogP contribution in [0.4, 0.5) is 4.79 Å². The zero-order valence-electron chi connectivity index (χ0n) is 13.6. The zero-order chi connectivity index (χ0) is 15.2. The van der Waals surface area contributed by atoms with Crippen LogP contribution in [-0.2, 0) is 4.74 Å². The van der Waals surface area contributed by atoms with E-state index in [4.69, 9.17) is 4.74 Å². The third-order valence-electron chi connectivity index (χ3n) is 3.39. The number of amides is 1. The Hall–Kier alpha value is -0.420. The molecule has 1 unspecified atom stereocenters. The summed E-state index contributed by atoms with van der Waals surface area (Å²) in [5.74, 6) is 2.55. The molecule has 0 spiro atoms. The quantitative estimate of drug-likeness (QED) is 0.745. The first-order valence-electron chi connectivity index (χ1n) is 7.75. The Morgan fingerprint density at radius 1 is 1.15 bits per heavy atom. The van der Waals surface area contributed by atoms with Crippen LogP contribution in [0.1, 0.15) is 41.0 Å². The van der Waals surface area contributed by atoms with Crippen LogP contribution in [0.3, 0.4) is 0 Å². The van der Waals surface area contributed by atoms with Crippen molar-refractivity contribution in [2.24, 2.45) is 0 Å². The number of ether oxygens (including phenoxy) is 1. The molecule has 2 fully saturated rings. The second-order valence-electron chi connectivity index (χ2n) is 6.02. The van der Waals surface area contributed by atoms with Gasteiger partial charge < -0.3 is 9.64 Å². The van der Waals surface area contributed by atoms with Crippen molar-refractivity contribution in [3.05, 3.63) is 0 Å². The minimum absolute atomic E-state index is 0.164. The highest BCUT2D eigenvalue weighted by Crippen LogP contribution is 2.23. The lowest BCUT2D eigenvalue weighted by Gasteiger charge is -2.38. The first-order chi connectivity index (χ1) is 9.46. The zero-order valence-corrected chi connectivity index (χ0v) is 14.5. The van der Waals surface area contributed by atoms with Gasteiger partial charge in [0, 0.05) is 38.0 Å². The van der Waals surface area contributed by atoms with E-state index in [2.05, 4.69) is 4.90 Å². The molecule has 2 rings (SSSR count). The first kappa shape index (κ1) is 17.6. The lowest BCUT2D eigenvalue weighted by molar-refractivity contribution is 0.0114. The fourth-order valence-electron chi connectivity index (χ4n) is 2.41. The van der Waals surface area contributed by atoms with Gasteiger partial charge in [0.25, 0.3) is 0 Å². The maximum Gasteiger partial charge on any atom is 0.410 e. The van der Waals surface area contributed by atoms with Gasteiger partial charge in [-0.2, -0.15) is 11.8 Å². The molecule has 0 saturated carbocycles. The average molecular weight is 302 g/mol. The summed E-state index contributed by atoms with van der Waals surface area (Å²) in [4.78, 5) is 16.3. The Balaban J connectivity index is 0.000000956. The van der Waals surface area contributed by atoms with E-state index in [-0.39, 0.29) is 6.09 Å². The summed E-state index contributed by atoms with van der Waals surface area (Å²) in [6.07, 6.45) is 1.14. The SMILES string of the molecule is CC.CC(C)(C)OC(=O)N1CCN(C2CCSC2)CC1. The number of hydrogen-bond acceptors (Lipinski definition) is 4. The molecular weight excluding hydrogens is 272 g/mol. The largest absolute Gasteiger partial charge is 0.444 e. The van der Waals surface area contributed by atoms with Crippen molar-refractivity contribution in [1.82, 2.24) is 9.80 Å². The van der Waals surface area contributed by atoms with Crippen LogP contribution in [0.2, 0.25) is 0 Å². The van der Waals surface area contributed by atoms with Crippen molar-refractivity contribution in [1.29, 1.82) is 0 Å². The molecule has 0 bridgehead atoms. The third-order valence-corrected chi connectivity index (χ3v) is 4.53. The monoisotopic (exact) mass is 302 g/mol. The molecule has 2 aliphatic heterocycles. The second-order valence-corrected chi connectivity index (χ2v) is 7.17. The Bertz CT molecular complexity index is 291. The van der Waals surface area contributed by atoms with E-state index < -0.39 is 5.60 Å². The normalized spacial score (nSPS) is 24.1. The molecule has 1 amide bonds. The van der Waals surface area contributed by atoms with Gasteiger partial charge in [-0.1, -0.05) is 13.8 Å². The summed E-state index contributed by atoms with van der Waals surface area (Å²) in [5, 5.41) is 0. The molecular formula is C15H30N2O2S. The van der Waals surface area contributed by atoms with Crippen LogP contribution in [-0.4, -0.2) is 65.2 Å². The number of carbonyl (C=O) groups is 1. The highest BCUT2D eigenvalue weighted by molar-refractivity contribution is 7.99. The number of rotatable bonds is 1. The van der Waals surface area contributed by atoms with Crippen molar-refractivity contribution in [2.45, 2.75) is 52.7 Å². The van der Waals surface area contributed by atoms with Crippen molar-refractivity contribution in [3.63, 3.8) is 0 Å². The number of carbonyl (C=O) groups excluding carboxylic acids is 1. The number of thioether (sulfide) groups is 1. The minimum atomic E-state index is -0.393. The molecule has 0 radical (unpaired) electrons. The van der Waals surface area contributed by atoms with Gasteiger partial charge >= 0.3 is 6.09 Å². The van der Waals surface area contributed by atoms with Crippen LogP contribution < -0.4 is 0 Å². The van der Waals surface area contributed by atoms with Gasteiger partial charge in [0.05, 0.1) is 0 Å². The molecule has 118 valence electrons. The van der Waals surface area contributed by atoms with Gasteiger partial charge in [0.1, 0.15) is 5.60 Å². The maximum atomic E-state index is 11.9. The fourth-order valence-corrected chi connectivity index (χ4v) is 3.66. The minimum Gasteiger partial charge on any atom is -0.444 e. The lowest BCUT2D eigenvalue weighted by Crippen LogP contribution is -2.52. The van der Waals surface area contributed by atoms with E-state index in [1.165, 1.54) is 17.9 Å². The van der Waals surface area contributed by atoms with Gasteiger partial charge in [-0.05, 0) is 32.9 Å². The van der Waals surface area contributed by atoms with Crippen LogP contribution in [0.15, 0.2) is 0 Å². The summed E-state index contributed by atoms with van der Waals surface area (Å²) < 4.78 is 5.40. The van der Waals surface area contributed by atoms with Crippen molar-refractivity contribution in [3.8, 4) is 0 Å². The molecule has 2 heterocycles. The molecule has 0 aromatic carbocycles. The molecule has 1 atom stereocenters. The molecule has 20 heavy (non-hydrogen) atoms. The summed E-state index contributed by atoms with van der Waals surface area (Å²) in [5.41, 5.74) is -0.393. The van der Waals surface area contributed by atoms with Crippen LogP contribution >= 0.6 is 11.8 Å². The summed E-state index contributed by atoms with van der Waals surface area (Å²) in [7, 11) is 0. The predicted octanol–water partition coefficient (Wildman–Crippen LogP) is 3.07. The summed E-state index contributed by atoms with van der Waals surface area (Å²) in [6, 6.07) is 0.732. The second kappa shape index (κ2) is 8.13. The van der Waals surface area contributed by atoms with Crippen molar-refractivity contribution >= 4 is 17.9 Å². The van der Waals surface area contributed by atoms with E-state index >= 15 is 0 Å². The molecule has 5 heteroatoms. The molecule has 0 aromatic rings. The van der Waals surface area contributed by atoms with Crippen LogP contribution in [0, 0.1) is 0 Å². The van der Waals surface area contributed by atoms with E-state index in [9.17, 15) is 4.79 Å². The Morgan fingerprint density at radius 2 is 1.75 bits per heavy atom. The van der Waals surface area contributed by atoms with Gasteiger partial charge in [-0.15, -0.1) is 0 Å². The number of hydrogen-bond donors (Lipinski definition) is 0. The van der Waals surface area contributed by atoms with Crippen molar-refractivity contribution < 1.29 is 9.53 Å². The molecule has 2 aliphatic rings. The van der Waals surface area contributed by atoms with E-state index in [1.807, 2.05) is 51.3 Å². The highest BCUT2D eigenvalue weighted by Gasteiger charge is 2.29.